The second kappa shape index (κ2) is 25.4. The monoisotopic (exact) mass is 1330 g/mol. The minimum atomic E-state index is -1.04. The molecule has 0 amide bonds. The van der Waals surface area contributed by atoms with Crippen molar-refractivity contribution in [1.82, 2.24) is 53.6 Å². The van der Waals surface area contributed by atoms with Crippen LogP contribution in [0.15, 0.2) is 109 Å². The van der Waals surface area contributed by atoms with Crippen molar-refractivity contribution < 1.29 is 9.90 Å². The van der Waals surface area contributed by atoms with Crippen LogP contribution in [0.4, 0.5) is 0 Å². The molecule has 0 saturated heterocycles. The second-order valence-corrected chi connectivity index (χ2v) is 32.4. The highest BCUT2D eigenvalue weighted by molar-refractivity contribution is 6.20. The molecule has 3 atom stereocenters. The van der Waals surface area contributed by atoms with Gasteiger partial charge in [-0.3, -0.25) is 0 Å². The van der Waals surface area contributed by atoms with Crippen LogP contribution >= 0.6 is 0 Å². The summed E-state index contributed by atoms with van der Waals surface area (Å²) in [6, 6.07) is 40.4. The molecule has 0 fully saturated rings. The van der Waals surface area contributed by atoms with Gasteiger partial charge in [0.2, 0.25) is 0 Å². The highest BCUT2D eigenvalue weighted by atomic mass is 16.4. The fourth-order valence-electron chi connectivity index (χ4n) is 16.2. The molecule has 6 aromatic heterocycles. The molecule has 2 aliphatic rings. The van der Waals surface area contributed by atoms with E-state index in [-0.39, 0.29) is 21.8 Å². The highest BCUT2D eigenvalue weighted by Crippen LogP contribution is 2.46. The normalized spacial score (nSPS) is 13.9. The molecule has 514 valence electrons. The van der Waals surface area contributed by atoms with Crippen LogP contribution in [0.3, 0.4) is 0 Å². The molecule has 8 heterocycles. The highest BCUT2D eigenvalue weighted by Gasteiger charge is 2.30. The molecule has 15 rings (SSSR count). The Kier molecular flexibility index (Phi) is 16.9. The number of H-pyrrole nitrogens is 2. The van der Waals surface area contributed by atoms with Gasteiger partial charge < -0.3 is 28.8 Å². The molecule has 0 spiro atoms. The van der Waals surface area contributed by atoms with Crippen molar-refractivity contribution in [1.29, 1.82) is 0 Å². The van der Waals surface area contributed by atoms with E-state index in [1.807, 2.05) is 6.07 Å². The van der Waals surface area contributed by atoms with Crippen LogP contribution in [0.25, 0.3) is 155 Å². The van der Waals surface area contributed by atoms with Gasteiger partial charge in [-0.25, -0.2) is 34.7 Å². The van der Waals surface area contributed by atoms with E-state index in [0.717, 1.165) is 143 Å². The van der Waals surface area contributed by atoms with Crippen molar-refractivity contribution in [3.63, 3.8) is 0 Å². The third kappa shape index (κ3) is 11.6. The minimum absolute atomic E-state index is 0.0597. The summed E-state index contributed by atoms with van der Waals surface area (Å²) in [5.41, 5.74) is 16.3. The van der Waals surface area contributed by atoms with Crippen molar-refractivity contribution in [2.45, 2.75) is 217 Å². The van der Waals surface area contributed by atoms with Crippen LogP contribution in [0.1, 0.15) is 208 Å². The van der Waals surface area contributed by atoms with E-state index < -0.39 is 5.97 Å². The first kappa shape index (κ1) is 66.6. The molecule has 100 heavy (non-hydrogen) atoms. The zero-order valence-electron chi connectivity index (χ0n) is 61.6. The Morgan fingerprint density at radius 3 is 1.03 bits per heavy atom. The fourth-order valence-corrected chi connectivity index (χ4v) is 16.2. The van der Waals surface area contributed by atoms with Crippen molar-refractivity contribution in [2.75, 3.05) is 0 Å². The van der Waals surface area contributed by atoms with Crippen LogP contribution < -0.4 is 0 Å². The van der Waals surface area contributed by atoms with Crippen molar-refractivity contribution in [3.05, 3.63) is 131 Å². The maximum absolute atomic E-state index is 13.0. The maximum Gasteiger partial charge on any atom is 0.335 e. The third-order valence-corrected chi connectivity index (χ3v) is 22.6. The van der Waals surface area contributed by atoms with Gasteiger partial charge in [0.15, 0.2) is 23.3 Å². The minimum Gasteiger partial charge on any atom is -0.478 e. The van der Waals surface area contributed by atoms with Gasteiger partial charge >= 0.3 is 5.97 Å². The molecule has 13 aromatic rings. The lowest BCUT2D eigenvalue weighted by Crippen LogP contribution is -2.12. The first-order valence-corrected chi connectivity index (χ1v) is 37.5. The van der Waals surface area contributed by atoms with Crippen molar-refractivity contribution >= 4 is 116 Å². The summed E-state index contributed by atoms with van der Waals surface area (Å²) >= 11 is 0. The van der Waals surface area contributed by atoms with E-state index in [4.69, 9.17) is 29.9 Å². The Balaban J connectivity index is 1.10. The Morgan fingerprint density at radius 1 is 0.360 bits per heavy atom. The SMILES string of the molecule is CCCCC(CC)Cn1c2cc(C(C)(C)C)ccc2c2cc3c(cc21)-c1nc-3nc2[nH]c(nc3nc(nc4[nH]c(n1)c1cc5c6ccc(C(C)(C)C)cc6n(CC(CC)CCCC)c5cc41)-c1cc(C(=O)O)ccc1-3)c1cc3c4ccc(C(C)(C)C)cc4n(CC(CC)CCCC)c3cc21. The van der Waals surface area contributed by atoms with E-state index in [9.17, 15) is 9.90 Å². The number of unbranched alkanes of at least 4 members (excludes halogenated alkanes) is 3. The number of hydrogen-bond acceptors (Lipinski definition) is 7. The number of carboxylic acid groups (broad SMARTS) is 1. The summed E-state index contributed by atoms with van der Waals surface area (Å²) in [6.45, 7) is 37.2. The smallest absolute Gasteiger partial charge is 0.335 e. The zero-order valence-corrected chi connectivity index (χ0v) is 61.6. The van der Waals surface area contributed by atoms with Gasteiger partial charge in [-0.2, -0.15) is 0 Å². The number of benzene rings is 7. The maximum atomic E-state index is 13.0. The van der Waals surface area contributed by atoms with E-state index >= 15 is 0 Å². The number of fused-ring (bicyclic) bond motifs is 29. The van der Waals surface area contributed by atoms with Crippen molar-refractivity contribution in [2.24, 2.45) is 17.8 Å². The van der Waals surface area contributed by atoms with Gasteiger partial charge in [0.25, 0.3) is 0 Å². The molecule has 7 aromatic carbocycles. The molecule has 13 nitrogen and oxygen atoms in total. The Morgan fingerprint density at radius 2 is 0.680 bits per heavy atom. The largest absolute Gasteiger partial charge is 0.478 e. The number of aromatic nitrogens is 11. The lowest BCUT2D eigenvalue weighted by molar-refractivity contribution is 0.0697. The number of carbonyl (C=O) groups is 1. The molecule has 8 bridgehead atoms. The van der Waals surface area contributed by atoms with Gasteiger partial charge in [-0.05, 0) is 143 Å². The zero-order chi connectivity index (χ0) is 70.0. The predicted molar refractivity (Wildman–Crippen MR) is 418 cm³/mol. The molecule has 3 unspecified atom stereocenters. The van der Waals surface area contributed by atoms with E-state index in [1.165, 1.54) is 68.7 Å². The lowest BCUT2D eigenvalue weighted by Gasteiger charge is -2.21. The molecule has 3 N–H and O–H groups in total. The first-order chi connectivity index (χ1) is 48.0. The van der Waals surface area contributed by atoms with Crippen molar-refractivity contribution in [3.8, 4) is 45.6 Å². The second-order valence-electron chi connectivity index (χ2n) is 32.4. The molecule has 13 heteroatoms. The number of nitrogens with zero attached hydrogens (tertiary/aromatic N) is 9. The Bertz CT molecular complexity index is 5630. The summed E-state index contributed by atoms with van der Waals surface area (Å²) in [5.74, 6) is 2.26. The summed E-state index contributed by atoms with van der Waals surface area (Å²) < 4.78 is 7.75. The molecular weight excluding hydrogens is 1230 g/mol. The van der Waals surface area contributed by atoms with Gasteiger partial charge in [0.05, 0.1) is 5.56 Å². The summed E-state index contributed by atoms with van der Waals surface area (Å²) in [6.07, 6.45) is 13.7. The van der Waals surface area contributed by atoms with Crippen LogP contribution in [-0.4, -0.2) is 64.6 Å². The molecule has 2 aliphatic heterocycles. The lowest BCUT2D eigenvalue weighted by atomic mass is 9.86. The van der Waals surface area contributed by atoms with Gasteiger partial charge in [-0.15, -0.1) is 0 Å². The van der Waals surface area contributed by atoms with Gasteiger partial charge in [0.1, 0.15) is 22.6 Å². The van der Waals surface area contributed by atoms with Gasteiger partial charge in [-0.1, -0.05) is 198 Å². The number of aromatic amines is 2. The average Bonchev–Trinajstić information content (AvgIpc) is 1.58. The standard InChI is InChI=1S/C87H99N11O2/c1-16-22-25-49(19-4)46-96-70-37-53(85(7,8)9)29-33-56(70)60-40-64-67(43-73(60)96)82-91-78(64)89-76-59-32-28-52(84(99)100)36-63(59)77(88-76)90-81-68-44-74-61(57-34-30-54(86(10,11)12)38-71(57)97(74)47-50(20-5)26-23-17-2)41-65(68)79(92-81)94-83-69-45-75-62(42-66(69)80(93-82)95-83)58-35-31-55(87(13,14)15)39-72(58)98(75)48-51(21-6)27-24-18-3/h28-45,49-51H,16-27,46-48H2,1-15H3,(H,99,100)(H2,88,89,90,91,92,93,94,95). The quantitative estimate of drug-likeness (QED) is 0.0721. The summed E-state index contributed by atoms with van der Waals surface area (Å²) in [4.78, 5) is 54.4. The summed E-state index contributed by atoms with van der Waals surface area (Å²) in [7, 11) is 0. The molecular formula is C87H99N11O2. The fraction of sp³-hybridized carbons (Fsp3) is 0.414. The predicted octanol–water partition coefficient (Wildman–Crippen LogP) is 23.4. The van der Waals surface area contributed by atoms with E-state index in [0.29, 0.717) is 74.8 Å². The number of nitrogens with one attached hydrogen (secondary N) is 2. The van der Waals surface area contributed by atoms with Gasteiger partial charge in [0, 0.05) is 129 Å². The van der Waals surface area contributed by atoms with Crippen LogP contribution in [-0.2, 0) is 35.9 Å². The number of hydrogen-bond donors (Lipinski definition) is 3. The van der Waals surface area contributed by atoms with Crippen LogP contribution in [0.5, 0.6) is 0 Å². The van der Waals surface area contributed by atoms with E-state index in [2.05, 4.69) is 219 Å². The number of rotatable bonds is 19. The average molecular weight is 1330 g/mol. The van der Waals surface area contributed by atoms with Crippen LogP contribution in [0, 0.1) is 17.8 Å². The third-order valence-electron chi connectivity index (χ3n) is 22.6. The molecule has 0 aliphatic carbocycles. The molecule has 0 saturated carbocycles. The Labute approximate surface area is 587 Å². The Hall–Kier alpha value is -9.23. The van der Waals surface area contributed by atoms with E-state index in [1.54, 1.807) is 12.1 Å². The molecule has 0 radical (unpaired) electrons. The van der Waals surface area contributed by atoms with Crippen LogP contribution in [0.2, 0.25) is 0 Å². The summed E-state index contributed by atoms with van der Waals surface area (Å²) in [5, 5.41) is 21.2. The number of aromatic carboxylic acids is 1. The number of carboxylic acids is 1. The first-order valence-electron chi connectivity index (χ1n) is 37.5. The topological polar surface area (TPSA) is 161 Å².